The average molecular weight is 347 g/mol. The van der Waals surface area contributed by atoms with E-state index in [2.05, 4.69) is 5.10 Å². The number of aryl methyl sites for hydroxylation is 1. The van der Waals surface area contributed by atoms with E-state index in [1.165, 1.54) is 12.1 Å². The molecule has 7 heteroatoms. The monoisotopic (exact) mass is 347 g/mol. The van der Waals surface area contributed by atoms with Crippen LogP contribution in [0.15, 0.2) is 60.8 Å². The zero-order chi connectivity index (χ0) is 18.3. The Balaban J connectivity index is 1.58. The standard InChI is InChI=1S/C19H13N3O4/c1-12-9-10-21(20-12)14-6-4-5-13(11-14)19(25)26-22-17(23)15-7-2-3-8-16(15)18(22)24/h2-11H,1H3. The number of carbonyl (C=O) groups excluding carboxylic acids is 3. The third-order valence-electron chi connectivity index (χ3n) is 4.00. The van der Waals surface area contributed by atoms with Gasteiger partial charge in [0.1, 0.15) is 0 Å². The summed E-state index contributed by atoms with van der Waals surface area (Å²) >= 11 is 0. The zero-order valence-electron chi connectivity index (χ0n) is 13.7. The number of benzene rings is 2. The number of nitrogens with zero attached hydrogens (tertiary/aromatic N) is 3. The highest BCUT2D eigenvalue weighted by Crippen LogP contribution is 2.23. The molecule has 0 unspecified atom stereocenters. The van der Waals surface area contributed by atoms with Crippen LogP contribution in [0.1, 0.15) is 36.8 Å². The van der Waals surface area contributed by atoms with Crippen molar-refractivity contribution in [1.29, 1.82) is 0 Å². The predicted octanol–water partition coefficient (Wildman–Crippen LogP) is 2.55. The largest absolute Gasteiger partial charge is 0.364 e. The van der Waals surface area contributed by atoms with Crippen LogP contribution in [0.25, 0.3) is 5.69 Å². The van der Waals surface area contributed by atoms with Crippen molar-refractivity contribution >= 4 is 17.8 Å². The highest BCUT2D eigenvalue weighted by Gasteiger charge is 2.38. The normalized spacial score (nSPS) is 13.0. The number of imide groups is 1. The Kier molecular flexibility index (Phi) is 3.62. The van der Waals surface area contributed by atoms with Gasteiger partial charge in [-0.15, -0.1) is 0 Å². The van der Waals surface area contributed by atoms with Crippen LogP contribution in [0, 0.1) is 6.92 Å². The van der Waals surface area contributed by atoms with E-state index in [0.717, 1.165) is 5.69 Å². The van der Waals surface area contributed by atoms with Gasteiger partial charge in [-0.3, -0.25) is 9.59 Å². The van der Waals surface area contributed by atoms with Gasteiger partial charge in [0.15, 0.2) is 0 Å². The second-order valence-electron chi connectivity index (χ2n) is 5.78. The third kappa shape index (κ3) is 2.55. The summed E-state index contributed by atoms with van der Waals surface area (Å²) in [5.41, 5.74) is 2.13. The van der Waals surface area contributed by atoms with Gasteiger partial charge in [0.2, 0.25) is 0 Å². The Morgan fingerprint density at radius 3 is 2.27 bits per heavy atom. The number of amides is 2. The smallest absolute Gasteiger partial charge is 0.324 e. The molecule has 0 spiro atoms. The van der Waals surface area contributed by atoms with Gasteiger partial charge in [-0.25, -0.2) is 9.48 Å². The summed E-state index contributed by atoms with van der Waals surface area (Å²) in [4.78, 5) is 42.1. The van der Waals surface area contributed by atoms with Gasteiger partial charge in [0, 0.05) is 6.20 Å². The van der Waals surface area contributed by atoms with Gasteiger partial charge in [0.25, 0.3) is 11.8 Å². The molecule has 7 nitrogen and oxygen atoms in total. The average Bonchev–Trinajstić information content (AvgIpc) is 3.20. The Hall–Kier alpha value is -3.74. The van der Waals surface area contributed by atoms with E-state index >= 15 is 0 Å². The fourth-order valence-electron chi connectivity index (χ4n) is 2.72. The van der Waals surface area contributed by atoms with Gasteiger partial charge < -0.3 is 4.84 Å². The van der Waals surface area contributed by atoms with Crippen LogP contribution < -0.4 is 0 Å². The summed E-state index contributed by atoms with van der Waals surface area (Å²) in [5.74, 6) is -2.11. The van der Waals surface area contributed by atoms with Crippen LogP contribution in [0.5, 0.6) is 0 Å². The lowest BCUT2D eigenvalue weighted by Crippen LogP contribution is -2.32. The van der Waals surface area contributed by atoms with E-state index < -0.39 is 17.8 Å². The molecule has 0 saturated carbocycles. The van der Waals surface area contributed by atoms with Crippen molar-refractivity contribution in [3.63, 3.8) is 0 Å². The molecule has 0 N–H and O–H groups in total. The van der Waals surface area contributed by atoms with E-state index in [4.69, 9.17) is 4.84 Å². The number of aromatic nitrogens is 2. The van der Waals surface area contributed by atoms with Crippen molar-refractivity contribution in [2.45, 2.75) is 6.92 Å². The SMILES string of the molecule is Cc1ccn(-c2cccc(C(=O)ON3C(=O)c4ccccc4C3=O)c2)n1. The number of hydroxylamine groups is 2. The summed E-state index contributed by atoms with van der Waals surface area (Å²) < 4.78 is 1.62. The quantitative estimate of drug-likeness (QED) is 0.680. The van der Waals surface area contributed by atoms with Crippen LogP contribution in [0.2, 0.25) is 0 Å². The van der Waals surface area contributed by atoms with Crippen molar-refractivity contribution in [3.05, 3.63) is 83.2 Å². The molecule has 1 aliphatic rings. The van der Waals surface area contributed by atoms with Crippen molar-refractivity contribution in [1.82, 2.24) is 14.8 Å². The molecule has 3 aromatic rings. The lowest BCUT2D eigenvalue weighted by Gasteiger charge is -2.13. The molecule has 0 atom stereocenters. The maximum absolute atomic E-state index is 12.4. The fourth-order valence-corrected chi connectivity index (χ4v) is 2.72. The first-order valence-electron chi connectivity index (χ1n) is 7.87. The van der Waals surface area contributed by atoms with E-state index in [0.29, 0.717) is 10.8 Å². The molecule has 1 aliphatic heterocycles. The number of hydrogen-bond acceptors (Lipinski definition) is 5. The summed E-state index contributed by atoms with van der Waals surface area (Å²) in [7, 11) is 0. The van der Waals surface area contributed by atoms with Crippen molar-refractivity contribution < 1.29 is 19.2 Å². The topological polar surface area (TPSA) is 81.5 Å². The number of rotatable bonds is 3. The van der Waals surface area contributed by atoms with Crippen molar-refractivity contribution in [2.24, 2.45) is 0 Å². The molecule has 128 valence electrons. The second-order valence-corrected chi connectivity index (χ2v) is 5.78. The molecule has 0 radical (unpaired) electrons. The minimum absolute atomic E-state index is 0.201. The van der Waals surface area contributed by atoms with Gasteiger partial charge in [-0.05, 0) is 43.3 Å². The highest BCUT2D eigenvalue weighted by atomic mass is 16.7. The first-order chi connectivity index (χ1) is 12.5. The number of carbonyl (C=O) groups is 3. The molecule has 26 heavy (non-hydrogen) atoms. The summed E-state index contributed by atoms with van der Waals surface area (Å²) in [6.07, 6.45) is 1.77. The molecular weight excluding hydrogens is 334 g/mol. The Labute approximate surface area is 148 Å². The molecule has 2 amide bonds. The zero-order valence-corrected chi connectivity index (χ0v) is 13.7. The molecule has 1 aromatic heterocycles. The Morgan fingerprint density at radius 1 is 0.962 bits per heavy atom. The maximum Gasteiger partial charge on any atom is 0.364 e. The molecule has 2 heterocycles. The first-order valence-corrected chi connectivity index (χ1v) is 7.87. The van der Waals surface area contributed by atoms with E-state index in [1.807, 2.05) is 13.0 Å². The molecule has 4 rings (SSSR count). The van der Waals surface area contributed by atoms with E-state index in [1.54, 1.807) is 47.3 Å². The van der Waals surface area contributed by atoms with Crippen LogP contribution in [-0.2, 0) is 4.84 Å². The molecule has 2 aromatic carbocycles. The molecular formula is C19H13N3O4. The van der Waals surface area contributed by atoms with E-state index in [-0.39, 0.29) is 16.7 Å². The van der Waals surface area contributed by atoms with Crippen LogP contribution >= 0.6 is 0 Å². The molecule has 0 bridgehead atoms. The van der Waals surface area contributed by atoms with Crippen LogP contribution in [-0.4, -0.2) is 32.6 Å². The number of hydrogen-bond donors (Lipinski definition) is 0. The van der Waals surface area contributed by atoms with Crippen molar-refractivity contribution in [3.8, 4) is 5.69 Å². The lowest BCUT2D eigenvalue weighted by molar-refractivity contribution is -0.0584. The Bertz CT molecular complexity index is 1020. The predicted molar refractivity (Wildman–Crippen MR) is 90.7 cm³/mol. The third-order valence-corrected chi connectivity index (χ3v) is 4.00. The fraction of sp³-hybridized carbons (Fsp3) is 0.0526. The summed E-state index contributed by atoms with van der Waals surface area (Å²) in [6, 6.07) is 14.7. The van der Waals surface area contributed by atoms with Gasteiger partial charge in [0.05, 0.1) is 28.1 Å². The minimum atomic E-state index is -0.801. The van der Waals surface area contributed by atoms with Crippen LogP contribution in [0.4, 0.5) is 0 Å². The first kappa shape index (κ1) is 15.8. The number of fused-ring (bicyclic) bond motifs is 1. The molecule has 0 aliphatic carbocycles. The lowest BCUT2D eigenvalue weighted by atomic mass is 10.1. The van der Waals surface area contributed by atoms with Crippen molar-refractivity contribution in [2.75, 3.05) is 0 Å². The summed E-state index contributed by atoms with van der Waals surface area (Å²) in [6.45, 7) is 1.86. The molecule has 0 fully saturated rings. The summed E-state index contributed by atoms with van der Waals surface area (Å²) in [5, 5.41) is 4.78. The van der Waals surface area contributed by atoms with Crippen LogP contribution in [0.3, 0.4) is 0 Å². The highest BCUT2D eigenvalue weighted by molar-refractivity contribution is 6.21. The van der Waals surface area contributed by atoms with Gasteiger partial charge in [-0.2, -0.15) is 5.10 Å². The maximum atomic E-state index is 12.4. The van der Waals surface area contributed by atoms with Gasteiger partial charge >= 0.3 is 5.97 Å². The van der Waals surface area contributed by atoms with E-state index in [9.17, 15) is 14.4 Å². The van der Waals surface area contributed by atoms with Gasteiger partial charge in [-0.1, -0.05) is 23.3 Å². The minimum Gasteiger partial charge on any atom is -0.324 e. The Morgan fingerprint density at radius 2 is 1.65 bits per heavy atom. The second kappa shape index (κ2) is 5.96. The molecule has 0 saturated heterocycles.